The molecule has 0 saturated carbocycles. The standard InChI is InChI=1S/C18H20ClN3O6/c1-17(2)27-13-16(22-5-4-9-14(19)20-7-21-15(9)22)26-12(18(13,3)28-17)11(23)10-6-24-8-25-10/h4-7,11-13,16,23H,8H2,1-3H3/t11?,12-,13+,16-,18-/m1/s1. The van der Waals surface area contributed by atoms with Crippen LogP contribution in [0.15, 0.2) is 30.6 Å². The van der Waals surface area contributed by atoms with Gasteiger partial charge in [0.25, 0.3) is 0 Å². The van der Waals surface area contributed by atoms with Crippen molar-refractivity contribution in [2.45, 2.75) is 56.7 Å². The van der Waals surface area contributed by atoms with Crippen molar-refractivity contribution in [2.75, 3.05) is 6.79 Å². The van der Waals surface area contributed by atoms with Gasteiger partial charge >= 0.3 is 0 Å². The van der Waals surface area contributed by atoms with Crippen LogP contribution in [-0.4, -0.2) is 56.1 Å². The largest absolute Gasteiger partial charge is 0.462 e. The number of nitrogens with zero attached hydrogens (tertiary/aromatic N) is 3. The number of hydrogen-bond acceptors (Lipinski definition) is 8. The molecule has 0 aromatic carbocycles. The minimum atomic E-state index is -1.09. The van der Waals surface area contributed by atoms with Crippen molar-refractivity contribution < 1.29 is 28.8 Å². The second-order valence-corrected chi connectivity index (χ2v) is 8.05. The van der Waals surface area contributed by atoms with Crippen molar-refractivity contribution in [3.8, 4) is 0 Å². The number of rotatable bonds is 3. The molecule has 150 valence electrons. The van der Waals surface area contributed by atoms with Gasteiger partial charge in [-0.25, -0.2) is 9.97 Å². The highest BCUT2D eigenvalue weighted by molar-refractivity contribution is 6.33. The molecule has 5 heterocycles. The lowest BCUT2D eigenvalue weighted by Crippen LogP contribution is -2.49. The fourth-order valence-corrected chi connectivity index (χ4v) is 4.44. The molecule has 1 unspecified atom stereocenters. The summed E-state index contributed by atoms with van der Waals surface area (Å²) in [6.07, 6.45) is 1.65. The summed E-state index contributed by atoms with van der Waals surface area (Å²) in [5, 5.41) is 12.0. The Bertz CT molecular complexity index is 962. The topological polar surface area (TPSA) is 97.1 Å². The zero-order valence-corrected chi connectivity index (χ0v) is 16.3. The van der Waals surface area contributed by atoms with Crippen molar-refractivity contribution in [2.24, 2.45) is 0 Å². The first kappa shape index (κ1) is 18.1. The lowest BCUT2D eigenvalue weighted by atomic mass is 9.90. The van der Waals surface area contributed by atoms with Gasteiger partial charge in [-0.2, -0.15) is 0 Å². The van der Waals surface area contributed by atoms with Gasteiger partial charge in [0, 0.05) is 6.20 Å². The molecule has 0 spiro atoms. The third kappa shape index (κ3) is 2.54. The van der Waals surface area contributed by atoms with E-state index in [0.29, 0.717) is 21.9 Å². The van der Waals surface area contributed by atoms with Crippen LogP contribution >= 0.6 is 11.6 Å². The minimum absolute atomic E-state index is 0.0587. The van der Waals surface area contributed by atoms with Crippen molar-refractivity contribution in [1.29, 1.82) is 0 Å². The molecule has 2 aromatic rings. The average molecular weight is 410 g/mol. The van der Waals surface area contributed by atoms with Crippen LogP contribution in [0.25, 0.3) is 11.0 Å². The molecule has 9 nitrogen and oxygen atoms in total. The molecule has 10 heteroatoms. The van der Waals surface area contributed by atoms with Crippen LogP contribution in [0.5, 0.6) is 0 Å². The molecule has 0 aliphatic carbocycles. The Morgan fingerprint density at radius 2 is 2.14 bits per heavy atom. The molecular formula is C18H20ClN3O6. The van der Waals surface area contributed by atoms with Gasteiger partial charge in [0.05, 0.1) is 5.39 Å². The third-order valence-corrected chi connectivity index (χ3v) is 5.66. The molecule has 2 fully saturated rings. The summed E-state index contributed by atoms with van der Waals surface area (Å²) in [6, 6.07) is 1.82. The molecule has 28 heavy (non-hydrogen) atoms. The number of aliphatic hydroxyl groups excluding tert-OH is 1. The van der Waals surface area contributed by atoms with Crippen LogP contribution < -0.4 is 0 Å². The first-order valence-corrected chi connectivity index (χ1v) is 9.31. The molecule has 3 aliphatic heterocycles. The smallest absolute Gasteiger partial charge is 0.230 e. The van der Waals surface area contributed by atoms with Gasteiger partial charge in [-0.05, 0) is 26.8 Å². The van der Waals surface area contributed by atoms with Gasteiger partial charge in [0.2, 0.25) is 6.79 Å². The number of aliphatic hydroxyl groups is 1. The van der Waals surface area contributed by atoms with E-state index in [0.717, 1.165) is 0 Å². The fourth-order valence-electron chi connectivity index (χ4n) is 4.25. The fraction of sp³-hybridized carbons (Fsp3) is 0.556. The maximum Gasteiger partial charge on any atom is 0.230 e. The molecular weight excluding hydrogens is 390 g/mol. The van der Waals surface area contributed by atoms with Crippen LogP contribution in [0.2, 0.25) is 5.15 Å². The highest BCUT2D eigenvalue weighted by Crippen LogP contribution is 2.52. The Labute approximate surface area is 165 Å². The predicted molar refractivity (Wildman–Crippen MR) is 96.0 cm³/mol. The molecule has 5 rings (SSSR count). The monoisotopic (exact) mass is 409 g/mol. The lowest BCUT2D eigenvalue weighted by molar-refractivity contribution is -0.221. The normalized spacial score (nSPS) is 34.8. The van der Waals surface area contributed by atoms with Crippen molar-refractivity contribution >= 4 is 22.6 Å². The molecule has 5 atom stereocenters. The van der Waals surface area contributed by atoms with Crippen molar-refractivity contribution in [3.05, 3.63) is 35.8 Å². The van der Waals surface area contributed by atoms with Gasteiger partial charge in [0.1, 0.15) is 47.3 Å². The van der Waals surface area contributed by atoms with E-state index >= 15 is 0 Å². The number of hydrogen-bond donors (Lipinski definition) is 1. The molecule has 0 bridgehead atoms. The minimum Gasteiger partial charge on any atom is -0.462 e. The van der Waals surface area contributed by atoms with E-state index in [1.807, 2.05) is 37.6 Å². The number of ether oxygens (including phenoxy) is 5. The molecule has 3 aliphatic rings. The summed E-state index contributed by atoms with van der Waals surface area (Å²) in [7, 11) is 0. The van der Waals surface area contributed by atoms with E-state index < -0.39 is 35.9 Å². The van der Waals surface area contributed by atoms with E-state index in [9.17, 15) is 5.11 Å². The average Bonchev–Trinajstić information content (AvgIpc) is 3.37. The zero-order valence-electron chi connectivity index (χ0n) is 15.5. The van der Waals surface area contributed by atoms with E-state index in [-0.39, 0.29) is 6.79 Å². The Morgan fingerprint density at radius 1 is 1.32 bits per heavy atom. The second kappa shape index (κ2) is 6.04. The Kier molecular flexibility index (Phi) is 3.91. The lowest BCUT2D eigenvalue weighted by Gasteiger charge is -2.31. The molecule has 2 aromatic heterocycles. The van der Waals surface area contributed by atoms with Crippen LogP contribution in [0.4, 0.5) is 0 Å². The van der Waals surface area contributed by atoms with Crippen LogP contribution in [0.3, 0.4) is 0 Å². The summed E-state index contributed by atoms with van der Waals surface area (Å²) in [4.78, 5) is 8.35. The summed E-state index contributed by atoms with van der Waals surface area (Å²) in [6.45, 7) is 5.59. The second-order valence-electron chi connectivity index (χ2n) is 7.69. The highest BCUT2D eigenvalue weighted by Gasteiger charge is 2.66. The SMILES string of the molecule is CC1(C)O[C@H]2[C@H](n3ccc4c(Cl)ncnc43)O[C@H](C(O)C3=COCO3)[C@@]2(C)O1. The Morgan fingerprint density at radius 3 is 2.89 bits per heavy atom. The van der Waals surface area contributed by atoms with Gasteiger partial charge in [0.15, 0.2) is 17.8 Å². The van der Waals surface area contributed by atoms with E-state index in [1.54, 1.807) is 0 Å². The summed E-state index contributed by atoms with van der Waals surface area (Å²) < 4.78 is 30.9. The molecule has 0 amide bonds. The maximum atomic E-state index is 10.9. The van der Waals surface area contributed by atoms with E-state index in [2.05, 4.69) is 9.97 Å². The van der Waals surface area contributed by atoms with Gasteiger partial charge in [-0.3, -0.25) is 0 Å². The Hall–Kier alpha value is -1.91. The van der Waals surface area contributed by atoms with Crippen LogP contribution in [0.1, 0.15) is 27.0 Å². The summed E-state index contributed by atoms with van der Waals surface area (Å²) >= 11 is 6.19. The number of halogens is 1. The van der Waals surface area contributed by atoms with E-state index in [4.69, 9.17) is 35.3 Å². The van der Waals surface area contributed by atoms with Gasteiger partial charge < -0.3 is 33.4 Å². The zero-order chi connectivity index (χ0) is 19.7. The van der Waals surface area contributed by atoms with Gasteiger partial charge in [-0.1, -0.05) is 11.6 Å². The maximum absolute atomic E-state index is 10.9. The van der Waals surface area contributed by atoms with Crippen LogP contribution in [0, 0.1) is 0 Å². The first-order chi connectivity index (χ1) is 13.3. The summed E-state index contributed by atoms with van der Waals surface area (Å²) in [5.41, 5.74) is -0.330. The summed E-state index contributed by atoms with van der Waals surface area (Å²) in [5.74, 6) is -0.558. The highest BCUT2D eigenvalue weighted by atomic mass is 35.5. The van der Waals surface area contributed by atoms with Crippen molar-refractivity contribution in [1.82, 2.24) is 14.5 Å². The van der Waals surface area contributed by atoms with E-state index in [1.165, 1.54) is 12.6 Å². The van der Waals surface area contributed by atoms with Crippen molar-refractivity contribution in [3.63, 3.8) is 0 Å². The predicted octanol–water partition coefficient (Wildman–Crippen LogP) is 2.10. The quantitative estimate of drug-likeness (QED) is 0.770. The van der Waals surface area contributed by atoms with Crippen LogP contribution in [-0.2, 0) is 23.7 Å². The number of aromatic nitrogens is 3. The third-order valence-electron chi connectivity index (χ3n) is 5.36. The molecule has 2 saturated heterocycles. The van der Waals surface area contributed by atoms with Gasteiger partial charge in [-0.15, -0.1) is 0 Å². The number of fused-ring (bicyclic) bond motifs is 2. The Balaban J connectivity index is 1.58. The molecule has 1 N–H and O–H groups in total. The first-order valence-electron chi connectivity index (χ1n) is 8.93. The molecule has 0 radical (unpaired) electrons.